The van der Waals surface area contributed by atoms with E-state index in [0.29, 0.717) is 12.4 Å². The van der Waals surface area contributed by atoms with Crippen molar-refractivity contribution >= 4 is 11.5 Å². The molecule has 98 valence electrons. The Bertz CT molecular complexity index is 458. The highest BCUT2D eigenvalue weighted by atomic mass is 16.6. The van der Waals surface area contributed by atoms with Gasteiger partial charge < -0.3 is 9.47 Å². The lowest BCUT2D eigenvalue weighted by molar-refractivity contribution is -0.385. The molecule has 0 fully saturated rings. The highest BCUT2D eigenvalue weighted by Crippen LogP contribution is 2.25. The van der Waals surface area contributed by atoms with Crippen molar-refractivity contribution in [2.45, 2.75) is 20.0 Å². The Morgan fingerprint density at radius 2 is 2.17 bits per heavy atom. The summed E-state index contributed by atoms with van der Waals surface area (Å²) in [6, 6.07) is 4.12. The number of carbonyl (C=O) groups is 1. The number of methoxy groups -OCH3 is 1. The molecule has 0 N–H and O–H groups in total. The molecule has 0 spiro atoms. The molecule has 0 saturated heterocycles. The van der Waals surface area contributed by atoms with Gasteiger partial charge in [0.15, 0.2) is 5.78 Å². The van der Waals surface area contributed by atoms with Crippen LogP contribution in [0, 0.1) is 10.1 Å². The van der Waals surface area contributed by atoms with Gasteiger partial charge in [0.1, 0.15) is 11.9 Å². The van der Waals surface area contributed by atoms with Crippen LogP contribution in [0.3, 0.4) is 0 Å². The van der Waals surface area contributed by atoms with Gasteiger partial charge in [-0.05, 0) is 26.0 Å². The summed E-state index contributed by atoms with van der Waals surface area (Å²) in [7, 11) is 1.55. The first-order valence-electron chi connectivity index (χ1n) is 5.40. The molecule has 0 heterocycles. The maximum atomic E-state index is 11.3. The standard InChI is InChI=1S/C12H15NO5/c1-8(7-17-3)18-10-4-5-12(13(15)16)11(6-10)9(2)14/h4-6,8H,7H2,1-3H3. The molecule has 0 aliphatic carbocycles. The van der Waals surface area contributed by atoms with E-state index in [1.807, 2.05) is 0 Å². The van der Waals surface area contributed by atoms with Crippen LogP contribution in [-0.2, 0) is 4.74 Å². The van der Waals surface area contributed by atoms with Gasteiger partial charge in [0.05, 0.1) is 17.1 Å². The summed E-state index contributed by atoms with van der Waals surface area (Å²) in [5.74, 6) is 0.0434. The van der Waals surface area contributed by atoms with Gasteiger partial charge in [0.2, 0.25) is 0 Å². The van der Waals surface area contributed by atoms with Crippen molar-refractivity contribution in [3.8, 4) is 5.75 Å². The SMILES string of the molecule is COCC(C)Oc1ccc([N+](=O)[O-])c(C(C)=O)c1. The van der Waals surface area contributed by atoms with Crippen molar-refractivity contribution in [3.05, 3.63) is 33.9 Å². The fourth-order valence-electron chi connectivity index (χ4n) is 1.53. The van der Waals surface area contributed by atoms with Crippen LogP contribution in [0.5, 0.6) is 5.75 Å². The van der Waals surface area contributed by atoms with Gasteiger partial charge in [-0.25, -0.2) is 0 Å². The Balaban J connectivity index is 3.00. The monoisotopic (exact) mass is 253 g/mol. The Morgan fingerprint density at radius 1 is 1.50 bits per heavy atom. The fraction of sp³-hybridized carbons (Fsp3) is 0.417. The molecule has 6 nitrogen and oxygen atoms in total. The van der Waals surface area contributed by atoms with Gasteiger partial charge >= 0.3 is 0 Å². The van der Waals surface area contributed by atoms with E-state index in [2.05, 4.69) is 0 Å². The van der Waals surface area contributed by atoms with Crippen LogP contribution >= 0.6 is 0 Å². The summed E-state index contributed by atoms with van der Waals surface area (Å²) in [4.78, 5) is 21.5. The second-order valence-corrected chi connectivity index (χ2v) is 3.88. The summed E-state index contributed by atoms with van der Waals surface area (Å²) in [5.41, 5.74) is -0.170. The number of ether oxygens (including phenoxy) is 2. The first-order chi connectivity index (χ1) is 8.45. The number of ketones is 1. The summed E-state index contributed by atoms with van der Waals surface area (Å²) in [5, 5.41) is 10.8. The third kappa shape index (κ3) is 3.53. The molecule has 1 aromatic rings. The fourth-order valence-corrected chi connectivity index (χ4v) is 1.53. The van der Waals surface area contributed by atoms with Crippen LogP contribution < -0.4 is 4.74 Å². The molecule has 0 bridgehead atoms. The van der Waals surface area contributed by atoms with Gasteiger partial charge in [0.25, 0.3) is 5.69 Å². The zero-order chi connectivity index (χ0) is 13.7. The molecule has 1 atom stereocenters. The van der Waals surface area contributed by atoms with Gasteiger partial charge in [-0.3, -0.25) is 14.9 Å². The normalized spacial score (nSPS) is 11.9. The molecule has 1 rings (SSSR count). The molecular weight excluding hydrogens is 238 g/mol. The Labute approximate surface area is 105 Å². The molecular formula is C12H15NO5. The minimum absolute atomic E-state index is 0.0436. The zero-order valence-electron chi connectivity index (χ0n) is 10.5. The number of hydrogen-bond donors (Lipinski definition) is 0. The zero-order valence-corrected chi connectivity index (χ0v) is 10.5. The third-order valence-electron chi connectivity index (χ3n) is 2.28. The molecule has 6 heteroatoms. The third-order valence-corrected chi connectivity index (χ3v) is 2.28. The number of Topliss-reactive ketones (excluding diaryl/α,β-unsaturated/α-hetero) is 1. The average Bonchev–Trinajstić information content (AvgIpc) is 2.28. The second kappa shape index (κ2) is 6.11. The Morgan fingerprint density at radius 3 is 2.67 bits per heavy atom. The first-order valence-corrected chi connectivity index (χ1v) is 5.40. The van der Waals surface area contributed by atoms with E-state index in [4.69, 9.17) is 9.47 Å². The van der Waals surface area contributed by atoms with Gasteiger partial charge in [-0.15, -0.1) is 0 Å². The lowest BCUT2D eigenvalue weighted by Gasteiger charge is -2.14. The van der Waals surface area contributed by atoms with Crippen molar-refractivity contribution in [3.63, 3.8) is 0 Å². The van der Waals surface area contributed by atoms with Gasteiger partial charge in [0, 0.05) is 13.2 Å². The van der Waals surface area contributed by atoms with E-state index in [-0.39, 0.29) is 23.1 Å². The number of nitro benzene ring substituents is 1. The van der Waals surface area contributed by atoms with Crippen molar-refractivity contribution < 1.29 is 19.2 Å². The predicted molar refractivity (Wildman–Crippen MR) is 65.1 cm³/mol. The molecule has 1 aromatic carbocycles. The summed E-state index contributed by atoms with van der Waals surface area (Å²) in [6.07, 6.45) is -0.198. The van der Waals surface area contributed by atoms with Crippen LogP contribution in [-0.4, -0.2) is 30.5 Å². The molecule has 0 aliphatic rings. The van der Waals surface area contributed by atoms with E-state index in [0.717, 1.165) is 0 Å². The van der Waals surface area contributed by atoms with E-state index in [9.17, 15) is 14.9 Å². The van der Waals surface area contributed by atoms with E-state index >= 15 is 0 Å². The van der Waals surface area contributed by atoms with Gasteiger partial charge in [-0.1, -0.05) is 0 Å². The largest absolute Gasteiger partial charge is 0.488 e. The first kappa shape index (κ1) is 14.1. The predicted octanol–water partition coefficient (Wildman–Crippen LogP) is 2.21. The number of nitrogens with zero attached hydrogens (tertiary/aromatic N) is 1. The topological polar surface area (TPSA) is 78.7 Å². The maximum Gasteiger partial charge on any atom is 0.280 e. The molecule has 1 unspecified atom stereocenters. The van der Waals surface area contributed by atoms with E-state index in [1.165, 1.54) is 25.1 Å². The van der Waals surface area contributed by atoms with E-state index in [1.54, 1.807) is 14.0 Å². The smallest absolute Gasteiger partial charge is 0.280 e. The highest BCUT2D eigenvalue weighted by molar-refractivity contribution is 5.98. The molecule has 0 saturated carbocycles. The number of hydrogen-bond acceptors (Lipinski definition) is 5. The van der Waals surface area contributed by atoms with Crippen LogP contribution in [0.25, 0.3) is 0 Å². The Hall–Kier alpha value is -1.95. The quantitative estimate of drug-likeness (QED) is 0.441. The van der Waals surface area contributed by atoms with Crippen LogP contribution in [0.2, 0.25) is 0 Å². The molecule has 0 radical (unpaired) electrons. The summed E-state index contributed by atoms with van der Waals surface area (Å²) < 4.78 is 10.4. The summed E-state index contributed by atoms with van der Waals surface area (Å²) in [6.45, 7) is 3.48. The molecule has 0 aromatic heterocycles. The Kier molecular flexibility index (Phi) is 4.79. The summed E-state index contributed by atoms with van der Waals surface area (Å²) >= 11 is 0. The maximum absolute atomic E-state index is 11.3. The number of nitro groups is 1. The lowest BCUT2D eigenvalue weighted by Crippen LogP contribution is -2.18. The highest BCUT2D eigenvalue weighted by Gasteiger charge is 2.18. The minimum Gasteiger partial charge on any atom is -0.488 e. The number of rotatable bonds is 6. The number of carbonyl (C=O) groups excluding carboxylic acids is 1. The van der Waals surface area contributed by atoms with Crippen molar-refractivity contribution in [1.82, 2.24) is 0 Å². The van der Waals surface area contributed by atoms with Crippen molar-refractivity contribution in [2.24, 2.45) is 0 Å². The average molecular weight is 253 g/mol. The molecule has 0 amide bonds. The second-order valence-electron chi connectivity index (χ2n) is 3.88. The number of benzene rings is 1. The molecule has 18 heavy (non-hydrogen) atoms. The van der Waals surface area contributed by atoms with Crippen LogP contribution in [0.1, 0.15) is 24.2 Å². The lowest BCUT2D eigenvalue weighted by atomic mass is 10.1. The van der Waals surface area contributed by atoms with Gasteiger partial charge in [-0.2, -0.15) is 0 Å². The minimum atomic E-state index is -0.584. The molecule has 0 aliphatic heterocycles. The van der Waals surface area contributed by atoms with Crippen molar-refractivity contribution in [2.75, 3.05) is 13.7 Å². The van der Waals surface area contributed by atoms with E-state index < -0.39 is 4.92 Å². The van der Waals surface area contributed by atoms with Crippen LogP contribution in [0.4, 0.5) is 5.69 Å². The van der Waals surface area contributed by atoms with Crippen molar-refractivity contribution in [1.29, 1.82) is 0 Å². The van der Waals surface area contributed by atoms with Crippen LogP contribution in [0.15, 0.2) is 18.2 Å².